The lowest BCUT2D eigenvalue weighted by Crippen LogP contribution is -2.40. The Balaban J connectivity index is 2.41. The number of esters is 2. The molecular weight excluding hydrogens is 248 g/mol. The van der Waals surface area contributed by atoms with Crippen LogP contribution in [0.4, 0.5) is 0 Å². The molecule has 0 unspecified atom stereocenters. The molecule has 0 bridgehead atoms. The van der Waals surface area contributed by atoms with Crippen LogP contribution in [0.2, 0.25) is 0 Å². The summed E-state index contributed by atoms with van der Waals surface area (Å²) in [6.07, 6.45) is 4.00. The van der Waals surface area contributed by atoms with E-state index in [2.05, 4.69) is 0 Å². The first-order chi connectivity index (χ1) is 9.12. The summed E-state index contributed by atoms with van der Waals surface area (Å²) in [5.41, 5.74) is -0.632. The molecule has 0 N–H and O–H groups in total. The van der Waals surface area contributed by atoms with E-state index >= 15 is 0 Å². The van der Waals surface area contributed by atoms with Gasteiger partial charge in [0.15, 0.2) is 0 Å². The van der Waals surface area contributed by atoms with Crippen LogP contribution in [0.3, 0.4) is 0 Å². The van der Waals surface area contributed by atoms with E-state index in [9.17, 15) is 9.59 Å². The summed E-state index contributed by atoms with van der Waals surface area (Å²) in [5.74, 6) is -0.450. The van der Waals surface area contributed by atoms with E-state index < -0.39 is 5.60 Å². The Bertz CT molecular complexity index is 270. The average molecular weight is 272 g/mol. The van der Waals surface area contributed by atoms with Crippen molar-refractivity contribution in [3.8, 4) is 0 Å². The Morgan fingerprint density at radius 2 is 1.58 bits per heavy atom. The first kappa shape index (κ1) is 16.0. The molecule has 0 saturated carbocycles. The highest BCUT2D eigenvalue weighted by molar-refractivity contribution is 5.69. The molecule has 0 spiro atoms. The Labute approximate surface area is 114 Å². The molecule has 1 saturated heterocycles. The lowest BCUT2D eigenvalue weighted by atomic mass is 10.0. The van der Waals surface area contributed by atoms with Gasteiger partial charge in [0.25, 0.3) is 0 Å². The van der Waals surface area contributed by atoms with Crippen molar-refractivity contribution >= 4 is 11.9 Å². The largest absolute Gasteiger partial charge is 0.462 e. The van der Waals surface area contributed by atoms with E-state index in [4.69, 9.17) is 14.2 Å². The summed E-state index contributed by atoms with van der Waals surface area (Å²) in [6, 6.07) is 0. The molecule has 1 rings (SSSR count). The topological polar surface area (TPSA) is 61.8 Å². The highest BCUT2D eigenvalue weighted by Crippen LogP contribution is 2.27. The van der Waals surface area contributed by atoms with Crippen molar-refractivity contribution < 1.29 is 23.8 Å². The molecule has 110 valence electrons. The predicted molar refractivity (Wildman–Crippen MR) is 69.7 cm³/mol. The van der Waals surface area contributed by atoms with E-state index in [1.165, 1.54) is 0 Å². The molecule has 1 heterocycles. The molecule has 5 nitrogen and oxygen atoms in total. The second-order valence-corrected chi connectivity index (χ2v) is 4.96. The smallest absolute Gasteiger partial charge is 0.305 e. The number of rotatable bonds is 8. The average Bonchev–Trinajstić information content (AvgIpc) is 2.84. The number of ether oxygens (including phenoxy) is 3. The van der Waals surface area contributed by atoms with E-state index in [1.54, 1.807) is 0 Å². The minimum atomic E-state index is -0.632. The van der Waals surface area contributed by atoms with Crippen LogP contribution in [0, 0.1) is 0 Å². The molecule has 0 amide bonds. The maximum Gasteiger partial charge on any atom is 0.305 e. The van der Waals surface area contributed by atoms with Crippen LogP contribution in [-0.2, 0) is 23.8 Å². The second kappa shape index (κ2) is 8.15. The van der Waals surface area contributed by atoms with Gasteiger partial charge in [0, 0.05) is 19.4 Å². The number of carbonyl (C=O) groups excluding carboxylic acids is 2. The third-order valence-corrected chi connectivity index (χ3v) is 3.09. The monoisotopic (exact) mass is 272 g/mol. The first-order valence-corrected chi connectivity index (χ1v) is 7.07. The van der Waals surface area contributed by atoms with Crippen molar-refractivity contribution in [3.05, 3.63) is 0 Å². The Morgan fingerprint density at radius 3 is 1.95 bits per heavy atom. The number of hydrogen-bond donors (Lipinski definition) is 0. The van der Waals surface area contributed by atoms with E-state index in [0.717, 1.165) is 25.7 Å². The fourth-order valence-corrected chi connectivity index (χ4v) is 2.00. The van der Waals surface area contributed by atoms with Crippen LogP contribution in [0.1, 0.15) is 52.4 Å². The quantitative estimate of drug-likeness (QED) is 0.634. The summed E-state index contributed by atoms with van der Waals surface area (Å²) in [6.45, 7) is 4.82. The molecule has 0 aliphatic carbocycles. The SMILES string of the molecule is CCCC(=O)OCC1(COC(=O)CCC)CCCO1. The van der Waals surface area contributed by atoms with Gasteiger partial charge in [-0.25, -0.2) is 0 Å². The van der Waals surface area contributed by atoms with Gasteiger partial charge >= 0.3 is 11.9 Å². The van der Waals surface area contributed by atoms with Crippen LogP contribution < -0.4 is 0 Å². The van der Waals surface area contributed by atoms with E-state index in [1.807, 2.05) is 13.8 Å². The van der Waals surface area contributed by atoms with E-state index in [-0.39, 0.29) is 25.2 Å². The molecule has 1 aliphatic rings. The zero-order valence-corrected chi connectivity index (χ0v) is 11.9. The predicted octanol–water partition coefficient (Wildman–Crippen LogP) is 2.22. The highest BCUT2D eigenvalue weighted by atomic mass is 16.6. The molecule has 1 aliphatic heterocycles. The van der Waals surface area contributed by atoms with Gasteiger partial charge in [-0.3, -0.25) is 9.59 Å². The molecule has 0 aromatic heterocycles. The zero-order chi connectivity index (χ0) is 14.1. The van der Waals surface area contributed by atoms with Gasteiger partial charge in [0.2, 0.25) is 0 Å². The van der Waals surface area contributed by atoms with Gasteiger partial charge in [0.05, 0.1) is 0 Å². The van der Waals surface area contributed by atoms with Crippen molar-refractivity contribution in [2.45, 2.75) is 58.0 Å². The Hall–Kier alpha value is -1.10. The summed E-state index contributed by atoms with van der Waals surface area (Å²) < 4.78 is 16.1. The third kappa shape index (κ3) is 5.59. The van der Waals surface area contributed by atoms with Gasteiger partial charge < -0.3 is 14.2 Å². The number of hydrogen-bond acceptors (Lipinski definition) is 5. The molecule has 5 heteroatoms. The molecule has 19 heavy (non-hydrogen) atoms. The second-order valence-electron chi connectivity index (χ2n) is 4.96. The van der Waals surface area contributed by atoms with Gasteiger partial charge in [-0.1, -0.05) is 13.8 Å². The summed E-state index contributed by atoms with van der Waals surface area (Å²) in [7, 11) is 0. The van der Waals surface area contributed by atoms with Gasteiger partial charge in [-0.05, 0) is 25.7 Å². The number of carbonyl (C=O) groups is 2. The molecule has 0 aromatic carbocycles. The molecular formula is C14H24O5. The normalized spacial score (nSPS) is 17.2. The van der Waals surface area contributed by atoms with Crippen molar-refractivity contribution in [3.63, 3.8) is 0 Å². The lowest BCUT2D eigenvalue weighted by molar-refractivity contribution is -0.164. The summed E-state index contributed by atoms with van der Waals surface area (Å²) in [4.78, 5) is 22.8. The van der Waals surface area contributed by atoms with Gasteiger partial charge in [-0.15, -0.1) is 0 Å². The summed E-state index contributed by atoms with van der Waals surface area (Å²) in [5, 5.41) is 0. The Kier molecular flexibility index (Phi) is 6.84. The van der Waals surface area contributed by atoms with Crippen molar-refractivity contribution in [2.24, 2.45) is 0 Å². The first-order valence-electron chi connectivity index (χ1n) is 7.07. The lowest BCUT2D eigenvalue weighted by Gasteiger charge is -2.27. The maximum atomic E-state index is 11.4. The minimum Gasteiger partial charge on any atom is -0.462 e. The zero-order valence-electron chi connectivity index (χ0n) is 11.9. The fourth-order valence-electron chi connectivity index (χ4n) is 2.00. The van der Waals surface area contributed by atoms with Crippen LogP contribution >= 0.6 is 0 Å². The van der Waals surface area contributed by atoms with Gasteiger partial charge in [0.1, 0.15) is 18.8 Å². The van der Waals surface area contributed by atoms with Gasteiger partial charge in [-0.2, -0.15) is 0 Å². The molecule has 1 fully saturated rings. The summed E-state index contributed by atoms with van der Waals surface area (Å²) >= 11 is 0. The standard InChI is InChI=1S/C14H24O5/c1-3-6-12(15)17-10-14(8-5-9-19-14)11-18-13(16)7-4-2/h3-11H2,1-2H3. The molecule has 0 aromatic rings. The van der Waals surface area contributed by atoms with Crippen LogP contribution in [0.15, 0.2) is 0 Å². The minimum absolute atomic E-state index is 0.172. The Morgan fingerprint density at radius 1 is 1.05 bits per heavy atom. The molecule has 0 atom stereocenters. The van der Waals surface area contributed by atoms with Crippen LogP contribution in [0.25, 0.3) is 0 Å². The van der Waals surface area contributed by atoms with E-state index in [0.29, 0.717) is 19.4 Å². The van der Waals surface area contributed by atoms with Crippen molar-refractivity contribution in [1.82, 2.24) is 0 Å². The third-order valence-electron chi connectivity index (χ3n) is 3.09. The maximum absolute atomic E-state index is 11.4. The van der Waals surface area contributed by atoms with Crippen LogP contribution in [0.5, 0.6) is 0 Å². The fraction of sp³-hybridized carbons (Fsp3) is 0.857. The highest BCUT2D eigenvalue weighted by Gasteiger charge is 2.38. The van der Waals surface area contributed by atoms with Crippen molar-refractivity contribution in [1.29, 1.82) is 0 Å². The van der Waals surface area contributed by atoms with Crippen molar-refractivity contribution in [2.75, 3.05) is 19.8 Å². The molecule has 0 radical (unpaired) electrons. The van der Waals surface area contributed by atoms with Crippen LogP contribution in [-0.4, -0.2) is 37.4 Å².